The number of anilines is 1. The third-order valence-corrected chi connectivity index (χ3v) is 4.64. The van der Waals surface area contributed by atoms with Gasteiger partial charge < -0.3 is 10.1 Å². The Morgan fingerprint density at radius 3 is 2.92 bits per heavy atom. The fourth-order valence-electron chi connectivity index (χ4n) is 2.27. The lowest BCUT2D eigenvalue weighted by Gasteiger charge is -2.09. The van der Waals surface area contributed by atoms with Crippen molar-refractivity contribution in [1.82, 2.24) is 9.78 Å². The number of non-ortho nitro benzene ring substituents is 1. The third kappa shape index (κ3) is 4.01. The fraction of sp³-hybridized carbons (Fsp3) is 0.125. The number of carbonyl (C=O) groups excluding carboxylic acids is 1. The highest BCUT2D eigenvalue weighted by atomic mass is 35.5. The number of hydrogen-bond donors (Lipinski definition) is 1. The predicted molar refractivity (Wildman–Crippen MR) is 98.3 cm³/mol. The molecular weight excluding hydrogens is 380 g/mol. The highest BCUT2D eigenvalue weighted by molar-refractivity contribution is 7.12. The van der Waals surface area contributed by atoms with Gasteiger partial charge in [0.25, 0.3) is 11.6 Å². The minimum absolute atomic E-state index is 0.115. The molecule has 2 heterocycles. The van der Waals surface area contributed by atoms with E-state index in [4.69, 9.17) is 16.3 Å². The van der Waals surface area contributed by atoms with Crippen LogP contribution in [0.15, 0.2) is 42.0 Å². The van der Waals surface area contributed by atoms with Gasteiger partial charge in [0.05, 0.1) is 46.4 Å². The largest absolute Gasteiger partial charge is 0.494 e. The first kappa shape index (κ1) is 17.9. The van der Waals surface area contributed by atoms with Gasteiger partial charge in [0, 0.05) is 12.3 Å². The highest BCUT2D eigenvalue weighted by Crippen LogP contribution is 2.30. The number of thiophene rings is 1. The number of ether oxygens (including phenoxy) is 1. The van der Waals surface area contributed by atoms with E-state index in [1.54, 1.807) is 23.1 Å². The Labute approximate surface area is 157 Å². The second-order valence-electron chi connectivity index (χ2n) is 5.27. The number of rotatable bonds is 6. The fourth-order valence-corrected chi connectivity index (χ4v) is 3.22. The van der Waals surface area contributed by atoms with E-state index in [9.17, 15) is 14.9 Å². The summed E-state index contributed by atoms with van der Waals surface area (Å²) in [6.45, 7) is 0.497. The molecule has 0 aliphatic rings. The van der Waals surface area contributed by atoms with Gasteiger partial charge in [0.1, 0.15) is 5.75 Å². The summed E-state index contributed by atoms with van der Waals surface area (Å²) in [5, 5.41) is 20.0. The quantitative estimate of drug-likeness (QED) is 0.507. The van der Waals surface area contributed by atoms with Crippen LogP contribution in [0.25, 0.3) is 0 Å². The third-order valence-electron chi connectivity index (χ3n) is 3.47. The smallest absolute Gasteiger partial charge is 0.273 e. The molecule has 26 heavy (non-hydrogen) atoms. The van der Waals surface area contributed by atoms with Gasteiger partial charge in [-0.15, -0.1) is 11.3 Å². The molecule has 2 aromatic heterocycles. The molecule has 0 saturated carbocycles. The van der Waals surface area contributed by atoms with Crippen molar-refractivity contribution in [3.8, 4) is 5.75 Å². The molecule has 0 aliphatic carbocycles. The number of hydrogen-bond acceptors (Lipinski definition) is 6. The standard InChI is InChI=1S/C16H13ClN4O4S/c1-25-14-5-12(21(23)24)2-3-13(14)19-16(22)15-4-10(9-26-15)7-20-8-11(17)6-18-20/h2-6,8-9H,7H2,1H3,(H,19,22). The van der Waals surface area contributed by atoms with E-state index in [0.29, 0.717) is 22.1 Å². The molecular formula is C16H13ClN4O4S. The number of aromatic nitrogens is 2. The topological polar surface area (TPSA) is 99.3 Å². The Morgan fingerprint density at radius 2 is 2.27 bits per heavy atom. The van der Waals surface area contributed by atoms with Crippen LogP contribution in [0.4, 0.5) is 11.4 Å². The summed E-state index contributed by atoms with van der Waals surface area (Å²) in [6.07, 6.45) is 3.24. The van der Waals surface area contributed by atoms with E-state index >= 15 is 0 Å². The molecule has 134 valence electrons. The van der Waals surface area contributed by atoms with Crippen LogP contribution in [0.1, 0.15) is 15.2 Å². The van der Waals surface area contributed by atoms with Crippen molar-refractivity contribution in [2.24, 2.45) is 0 Å². The van der Waals surface area contributed by atoms with Gasteiger partial charge in [0.15, 0.2) is 0 Å². The van der Waals surface area contributed by atoms with E-state index in [1.165, 1.54) is 36.6 Å². The van der Waals surface area contributed by atoms with Crippen molar-refractivity contribution in [1.29, 1.82) is 0 Å². The van der Waals surface area contributed by atoms with Gasteiger partial charge in [-0.3, -0.25) is 19.6 Å². The molecule has 1 aromatic carbocycles. The van der Waals surface area contributed by atoms with Gasteiger partial charge in [-0.2, -0.15) is 5.10 Å². The molecule has 10 heteroatoms. The molecule has 0 saturated heterocycles. The zero-order valence-electron chi connectivity index (χ0n) is 13.5. The van der Waals surface area contributed by atoms with Crippen LogP contribution >= 0.6 is 22.9 Å². The van der Waals surface area contributed by atoms with Crippen LogP contribution in [0.3, 0.4) is 0 Å². The zero-order valence-corrected chi connectivity index (χ0v) is 15.1. The maximum absolute atomic E-state index is 12.4. The van der Waals surface area contributed by atoms with Crippen molar-refractivity contribution in [3.05, 3.63) is 67.6 Å². The van der Waals surface area contributed by atoms with E-state index < -0.39 is 4.92 Å². The average Bonchev–Trinajstić information content (AvgIpc) is 3.24. The maximum atomic E-state index is 12.4. The lowest BCUT2D eigenvalue weighted by Crippen LogP contribution is -2.11. The molecule has 0 atom stereocenters. The number of nitro groups is 1. The summed E-state index contributed by atoms with van der Waals surface area (Å²) in [5.74, 6) is -0.109. The molecule has 1 amide bonds. The lowest BCUT2D eigenvalue weighted by molar-refractivity contribution is -0.384. The summed E-state index contributed by atoms with van der Waals surface area (Å²) in [4.78, 5) is 23.2. The Balaban J connectivity index is 1.73. The first-order chi connectivity index (χ1) is 12.5. The molecule has 0 bridgehead atoms. The summed E-state index contributed by atoms with van der Waals surface area (Å²) >= 11 is 7.12. The molecule has 8 nitrogen and oxygen atoms in total. The summed E-state index contributed by atoms with van der Waals surface area (Å²) in [6, 6.07) is 5.76. The zero-order chi connectivity index (χ0) is 18.7. The number of carbonyl (C=O) groups is 1. The molecule has 0 unspecified atom stereocenters. The van der Waals surface area contributed by atoms with Gasteiger partial charge in [-0.1, -0.05) is 11.6 Å². The molecule has 1 N–H and O–H groups in total. The van der Waals surface area contributed by atoms with E-state index in [-0.39, 0.29) is 17.3 Å². The summed E-state index contributed by atoms with van der Waals surface area (Å²) in [7, 11) is 1.38. The van der Waals surface area contributed by atoms with Gasteiger partial charge in [-0.05, 0) is 23.1 Å². The van der Waals surface area contributed by atoms with Gasteiger partial charge >= 0.3 is 0 Å². The summed E-state index contributed by atoms with van der Waals surface area (Å²) < 4.78 is 6.79. The monoisotopic (exact) mass is 392 g/mol. The minimum atomic E-state index is -0.527. The number of amides is 1. The Morgan fingerprint density at radius 1 is 1.46 bits per heavy atom. The van der Waals surface area contributed by atoms with Crippen molar-refractivity contribution in [2.45, 2.75) is 6.54 Å². The Bertz CT molecular complexity index is 969. The highest BCUT2D eigenvalue weighted by Gasteiger charge is 2.15. The van der Waals surface area contributed by atoms with Crippen LogP contribution in [-0.4, -0.2) is 27.7 Å². The predicted octanol–water partition coefficient (Wildman–Crippen LogP) is 3.82. The van der Waals surface area contributed by atoms with Crippen LogP contribution in [0.2, 0.25) is 5.02 Å². The average molecular weight is 393 g/mol. The number of nitrogens with one attached hydrogen (secondary N) is 1. The Kier molecular flexibility index (Phi) is 5.19. The molecule has 0 fully saturated rings. The van der Waals surface area contributed by atoms with Gasteiger partial charge in [-0.25, -0.2) is 0 Å². The number of nitrogens with zero attached hydrogens (tertiary/aromatic N) is 3. The van der Waals surface area contributed by atoms with Crippen LogP contribution < -0.4 is 10.1 Å². The molecule has 3 aromatic rings. The molecule has 0 aliphatic heterocycles. The molecule has 3 rings (SSSR count). The van der Waals surface area contributed by atoms with Crippen LogP contribution in [0, 0.1) is 10.1 Å². The van der Waals surface area contributed by atoms with Crippen molar-refractivity contribution in [2.75, 3.05) is 12.4 Å². The van der Waals surface area contributed by atoms with Crippen molar-refractivity contribution in [3.63, 3.8) is 0 Å². The molecule has 0 spiro atoms. The minimum Gasteiger partial charge on any atom is -0.494 e. The second-order valence-corrected chi connectivity index (χ2v) is 6.62. The number of benzene rings is 1. The van der Waals surface area contributed by atoms with Gasteiger partial charge in [0.2, 0.25) is 0 Å². The van der Waals surface area contributed by atoms with E-state index in [1.807, 2.05) is 5.38 Å². The normalized spacial score (nSPS) is 10.5. The molecule has 0 radical (unpaired) electrons. The number of halogens is 1. The number of nitro benzene ring substituents is 1. The van der Waals surface area contributed by atoms with Crippen molar-refractivity contribution < 1.29 is 14.5 Å². The van der Waals surface area contributed by atoms with Crippen molar-refractivity contribution >= 4 is 40.2 Å². The lowest BCUT2D eigenvalue weighted by atomic mass is 10.2. The first-order valence-electron chi connectivity index (χ1n) is 7.35. The first-order valence-corrected chi connectivity index (χ1v) is 8.61. The van der Waals surface area contributed by atoms with Crippen LogP contribution in [-0.2, 0) is 6.54 Å². The maximum Gasteiger partial charge on any atom is 0.273 e. The second kappa shape index (κ2) is 7.54. The van der Waals surface area contributed by atoms with E-state index in [2.05, 4.69) is 10.4 Å². The van der Waals surface area contributed by atoms with Crippen LogP contribution in [0.5, 0.6) is 5.75 Å². The SMILES string of the molecule is COc1cc([N+](=O)[O-])ccc1NC(=O)c1cc(Cn2cc(Cl)cn2)cs1. The Hall–Kier alpha value is -2.91. The number of methoxy groups -OCH3 is 1. The van der Waals surface area contributed by atoms with E-state index in [0.717, 1.165) is 5.56 Å². The summed E-state index contributed by atoms with van der Waals surface area (Å²) in [5.41, 5.74) is 1.16.